The van der Waals surface area contributed by atoms with Crippen molar-refractivity contribution in [3.63, 3.8) is 0 Å². The van der Waals surface area contributed by atoms with Gasteiger partial charge in [-0.1, -0.05) is 22.8 Å². The van der Waals surface area contributed by atoms with Gasteiger partial charge in [0.1, 0.15) is 5.82 Å². The molecule has 1 aromatic carbocycles. The van der Waals surface area contributed by atoms with Gasteiger partial charge in [-0.25, -0.2) is 9.37 Å². The molecule has 5 nitrogen and oxygen atoms in total. The van der Waals surface area contributed by atoms with Crippen LogP contribution in [0.3, 0.4) is 0 Å². The summed E-state index contributed by atoms with van der Waals surface area (Å²) in [7, 11) is 1.69. The van der Waals surface area contributed by atoms with Crippen molar-refractivity contribution in [1.82, 2.24) is 4.98 Å². The lowest BCUT2D eigenvalue weighted by Crippen LogP contribution is -2.17. The van der Waals surface area contributed by atoms with E-state index in [4.69, 9.17) is 22.5 Å². The minimum Gasteiger partial charge on any atom is -0.409 e. The van der Waals surface area contributed by atoms with Gasteiger partial charge in [0.25, 0.3) is 0 Å². The summed E-state index contributed by atoms with van der Waals surface area (Å²) in [4.78, 5) is 5.75. The summed E-state index contributed by atoms with van der Waals surface area (Å²) in [6.07, 6.45) is 1.48. The molecular weight excluding hydrogens is 283 g/mol. The van der Waals surface area contributed by atoms with E-state index in [1.165, 1.54) is 24.4 Å². The average Bonchev–Trinajstić information content (AvgIpc) is 2.46. The van der Waals surface area contributed by atoms with Gasteiger partial charge in [0.05, 0.1) is 5.02 Å². The first kappa shape index (κ1) is 14.1. The smallest absolute Gasteiger partial charge is 0.171 e. The number of benzene rings is 1. The van der Waals surface area contributed by atoms with Gasteiger partial charge in [0, 0.05) is 24.5 Å². The maximum Gasteiger partial charge on any atom is 0.171 e. The Morgan fingerprint density at radius 3 is 2.85 bits per heavy atom. The fourth-order valence-electron chi connectivity index (χ4n) is 1.73. The second-order valence-corrected chi connectivity index (χ2v) is 4.40. The van der Waals surface area contributed by atoms with Gasteiger partial charge >= 0.3 is 0 Å². The van der Waals surface area contributed by atoms with E-state index >= 15 is 0 Å². The Labute approximate surface area is 120 Å². The zero-order valence-electron chi connectivity index (χ0n) is 10.6. The van der Waals surface area contributed by atoms with E-state index in [0.717, 1.165) is 0 Å². The molecule has 0 atom stereocenters. The van der Waals surface area contributed by atoms with Crippen LogP contribution < -0.4 is 10.6 Å². The van der Waals surface area contributed by atoms with E-state index in [1.54, 1.807) is 24.1 Å². The Hall–Kier alpha value is -2.34. The number of halogens is 2. The van der Waals surface area contributed by atoms with Crippen molar-refractivity contribution in [2.45, 2.75) is 0 Å². The molecule has 104 valence electrons. The minimum atomic E-state index is -0.363. The summed E-state index contributed by atoms with van der Waals surface area (Å²) in [5.74, 6) is -0.106. The van der Waals surface area contributed by atoms with Crippen molar-refractivity contribution in [2.75, 3.05) is 11.9 Å². The van der Waals surface area contributed by atoms with Gasteiger partial charge in [-0.2, -0.15) is 0 Å². The van der Waals surface area contributed by atoms with Crippen LogP contribution in [0.1, 0.15) is 5.56 Å². The number of rotatable bonds is 3. The van der Waals surface area contributed by atoms with Crippen LogP contribution in [0.4, 0.5) is 15.9 Å². The van der Waals surface area contributed by atoms with Crippen LogP contribution in [-0.4, -0.2) is 23.1 Å². The SMILES string of the molecule is CN(c1cccc(F)c1)c1nccc(/C(N)=N/O)c1Cl. The van der Waals surface area contributed by atoms with Crippen LogP contribution in [0.15, 0.2) is 41.7 Å². The van der Waals surface area contributed by atoms with E-state index in [1.807, 2.05) is 0 Å². The monoisotopic (exact) mass is 294 g/mol. The van der Waals surface area contributed by atoms with Gasteiger partial charge in [0.2, 0.25) is 0 Å². The molecule has 1 heterocycles. The fourth-order valence-corrected chi connectivity index (χ4v) is 2.06. The summed E-state index contributed by atoms with van der Waals surface area (Å²) in [5, 5.41) is 11.8. The van der Waals surface area contributed by atoms with Crippen molar-refractivity contribution in [3.8, 4) is 0 Å². The summed E-state index contributed by atoms with van der Waals surface area (Å²) in [6.45, 7) is 0. The van der Waals surface area contributed by atoms with E-state index in [2.05, 4.69) is 10.1 Å². The van der Waals surface area contributed by atoms with Crippen LogP contribution in [0, 0.1) is 5.82 Å². The lowest BCUT2D eigenvalue weighted by Gasteiger charge is -2.20. The molecule has 20 heavy (non-hydrogen) atoms. The number of hydrogen-bond donors (Lipinski definition) is 2. The van der Waals surface area contributed by atoms with E-state index in [9.17, 15) is 4.39 Å². The normalized spacial score (nSPS) is 11.4. The molecule has 7 heteroatoms. The van der Waals surface area contributed by atoms with E-state index in [-0.39, 0.29) is 16.7 Å². The predicted molar refractivity (Wildman–Crippen MR) is 76.2 cm³/mol. The fraction of sp³-hybridized carbons (Fsp3) is 0.0769. The predicted octanol–water partition coefficient (Wildman–Crippen LogP) is 2.74. The summed E-state index contributed by atoms with van der Waals surface area (Å²) >= 11 is 6.20. The summed E-state index contributed by atoms with van der Waals surface area (Å²) in [5.41, 5.74) is 6.47. The quantitative estimate of drug-likeness (QED) is 0.395. The second-order valence-electron chi connectivity index (χ2n) is 4.02. The van der Waals surface area contributed by atoms with Crippen molar-refractivity contribution in [2.24, 2.45) is 10.9 Å². The molecule has 1 aromatic heterocycles. The molecule has 2 aromatic rings. The number of anilines is 2. The summed E-state index contributed by atoms with van der Waals surface area (Å²) < 4.78 is 13.3. The molecule has 0 bridgehead atoms. The van der Waals surface area contributed by atoms with Crippen molar-refractivity contribution >= 4 is 28.9 Å². The van der Waals surface area contributed by atoms with Gasteiger partial charge < -0.3 is 15.8 Å². The molecule has 0 amide bonds. The van der Waals surface area contributed by atoms with Gasteiger partial charge in [-0.3, -0.25) is 0 Å². The molecule has 0 aliphatic carbocycles. The van der Waals surface area contributed by atoms with E-state index < -0.39 is 0 Å². The van der Waals surface area contributed by atoms with Gasteiger partial charge in [0.15, 0.2) is 11.7 Å². The Balaban J connectivity index is 2.48. The molecule has 3 N–H and O–H groups in total. The molecule has 0 aliphatic heterocycles. The standard InChI is InChI=1S/C13H12ClFN4O/c1-19(9-4-2-3-8(15)7-9)13-11(14)10(5-6-17-13)12(16)18-20/h2-7,20H,1H3,(H2,16,18). The van der Waals surface area contributed by atoms with Crippen molar-refractivity contribution in [1.29, 1.82) is 0 Å². The second kappa shape index (κ2) is 5.75. The average molecular weight is 295 g/mol. The minimum absolute atomic E-state index is 0.119. The third-order valence-electron chi connectivity index (χ3n) is 2.77. The number of hydrogen-bond acceptors (Lipinski definition) is 4. The zero-order chi connectivity index (χ0) is 14.7. The number of amidine groups is 1. The third-order valence-corrected chi connectivity index (χ3v) is 3.14. The Morgan fingerprint density at radius 1 is 1.45 bits per heavy atom. The molecule has 0 fully saturated rings. The molecule has 2 rings (SSSR count). The Morgan fingerprint density at radius 2 is 2.20 bits per heavy atom. The molecule has 0 saturated carbocycles. The topological polar surface area (TPSA) is 74.7 Å². The van der Waals surface area contributed by atoms with Crippen molar-refractivity contribution < 1.29 is 9.60 Å². The molecule has 0 unspecified atom stereocenters. The number of pyridine rings is 1. The molecule has 0 saturated heterocycles. The van der Waals surface area contributed by atoms with Crippen molar-refractivity contribution in [3.05, 3.63) is 52.9 Å². The Bertz CT molecular complexity index is 663. The van der Waals surface area contributed by atoms with Crippen LogP contribution in [0.25, 0.3) is 0 Å². The Kier molecular flexibility index (Phi) is 4.05. The maximum atomic E-state index is 13.3. The van der Waals surface area contributed by atoms with Gasteiger partial charge in [-0.15, -0.1) is 0 Å². The largest absolute Gasteiger partial charge is 0.409 e. The number of nitrogens with zero attached hydrogens (tertiary/aromatic N) is 3. The third kappa shape index (κ3) is 2.65. The number of aromatic nitrogens is 1. The van der Waals surface area contributed by atoms with Crippen LogP contribution in [0.5, 0.6) is 0 Å². The maximum absolute atomic E-state index is 13.3. The molecule has 0 spiro atoms. The first-order valence-corrected chi connectivity index (χ1v) is 6.04. The molecule has 0 radical (unpaired) electrons. The highest BCUT2D eigenvalue weighted by atomic mass is 35.5. The number of nitrogens with two attached hydrogens (primary N) is 1. The van der Waals surface area contributed by atoms with E-state index in [0.29, 0.717) is 17.1 Å². The van der Waals surface area contributed by atoms with Crippen LogP contribution in [0.2, 0.25) is 5.02 Å². The van der Waals surface area contributed by atoms with Gasteiger partial charge in [-0.05, 0) is 24.3 Å². The highest BCUT2D eigenvalue weighted by Crippen LogP contribution is 2.31. The highest BCUT2D eigenvalue weighted by molar-refractivity contribution is 6.36. The van der Waals surface area contributed by atoms with Crippen LogP contribution in [-0.2, 0) is 0 Å². The van der Waals surface area contributed by atoms with Crippen LogP contribution >= 0.6 is 11.6 Å². The summed E-state index contributed by atoms with van der Waals surface area (Å²) in [6, 6.07) is 7.54. The first-order valence-electron chi connectivity index (χ1n) is 5.66. The zero-order valence-corrected chi connectivity index (χ0v) is 11.3. The highest BCUT2D eigenvalue weighted by Gasteiger charge is 2.15. The number of oxime groups is 1. The molecular formula is C13H12ClFN4O. The first-order chi connectivity index (χ1) is 9.54. The lowest BCUT2D eigenvalue weighted by molar-refractivity contribution is 0.318. The molecule has 0 aliphatic rings. The lowest BCUT2D eigenvalue weighted by atomic mass is 10.2.